The van der Waals surface area contributed by atoms with E-state index in [1.54, 1.807) is 0 Å². The summed E-state index contributed by atoms with van der Waals surface area (Å²) < 4.78 is 0. The molecule has 0 fully saturated rings. The summed E-state index contributed by atoms with van der Waals surface area (Å²) in [6.45, 7) is 6.29. The first kappa shape index (κ1) is 33.2. The van der Waals surface area contributed by atoms with Crippen LogP contribution in [0.15, 0.2) is 206 Å². The fraction of sp³-hybridized carbons (Fsp3) is 0.0769. The summed E-state index contributed by atoms with van der Waals surface area (Å²) in [4.78, 5) is 4.77. The van der Waals surface area contributed by atoms with Gasteiger partial charge < -0.3 is 9.80 Å². The van der Waals surface area contributed by atoms with Crippen molar-refractivity contribution in [2.75, 3.05) is 9.80 Å². The minimum atomic E-state index is -0.518. The maximum absolute atomic E-state index is 2.47. The summed E-state index contributed by atoms with van der Waals surface area (Å²) in [5.41, 5.74) is 17.8. The van der Waals surface area contributed by atoms with Gasteiger partial charge in [0.15, 0.2) is 0 Å². The van der Waals surface area contributed by atoms with E-state index < -0.39 is 5.41 Å². The number of allylic oxidation sites excluding steroid dienone is 5. The second kappa shape index (κ2) is 13.7. The molecule has 2 heteroatoms. The summed E-state index contributed by atoms with van der Waals surface area (Å²) in [7, 11) is 0. The molecule has 1 spiro atoms. The van der Waals surface area contributed by atoms with E-state index in [0.717, 1.165) is 34.1 Å². The van der Waals surface area contributed by atoms with Crippen LogP contribution in [0.3, 0.4) is 0 Å². The molecule has 54 heavy (non-hydrogen) atoms. The number of aryl methyl sites for hydroxylation is 1. The molecule has 0 amide bonds. The van der Waals surface area contributed by atoms with Crippen LogP contribution in [0.25, 0.3) is 22.3 Å². The fourth-order valence-corrected chi connectivity index (χ4v) is 8.71. The van der Waals surface area contributed by atoms with Gasteiger partial charge in [0.25, 0.3) is 0 Å². The van der Waals surface area contributed by atoms with Gasteiger partial charge in [-0.2, -0.15) is 0 Å². The Hall–Kier alpha value is -6.64. The summed E-state index contributed by atoms with van der Waals surface area (Å²) in [5.74, 6) is 0. The topological polar surface area (TPSA) is 6.48 Å². The minimum absolute atomic E-state index is 0.518. The number of nitrogens with zero attached hydrogens (tertiary/aromatic N) is 2. The van der Waals surface area contributed by atoms with Crippen LogP contribution in [0, 0.1) is 6.92 Å². The Bertz CT molecular complexity index is 2530. The van der Waals surface area contributed by atoms with Crippen LogP contribution in [0.2, 0.25) is 0 Å². The molecule has 0 heterocycles. The molecule has 0 radical (unpaired) electrons. The molecule has 9 rings (SSSR count). The van der Waals surface area contributed by atoms with Gasteiger partial charge in [-0.25, -0.2) is 0 Å². The highest BCUT2D eigenvalue weighted by atomic mass is 15.1. The van der Waals surface area contributed by atoms with Crippen molar-refractivity contribution in [3.05, 3.63) is 234 Å². The van der Waals surface area contributed by atoms with E-state index >= 15 is 0 Å². The second-order valence-electron chi connectivity index (χ2n) is 14.1. The van der Waals surface area contributed by atoms with Crippen LogP contribution >= 0.6 is 0 Å². The van der Waals surface area contributed by atoms with Gasteiger partial charge in [-0.3, -0.25) is 0 Å². The van der Waals surface area contributed by atoms with Crippen molar-refractivity contribution < 1.29 is 0 Å². The predicted molar refractivity (Wildman–Crippen MR) is 228 cm³/mol. The lowest BCUT2D eigenvalue weighted by Gasteiger charge is -2.33. The van der Waals surface area contributed by atoms with Crippen molar-refractivity contribution in [2.45, 2.75) is 26.2 Å². The van der Waals surface area contributed by atoms with Gasteiger partial charge in [0.2, 0.25) is 0 Å². The summed E-state index contributed by atoms with van der Waals surface area (Å²) in [6.07, 6.45) is 10.7. The highest BCUT2D eigenvalue weighted by molar-refractivity contribution is 5.97. The first-order valence-electron chi connectivity index (χ1n) is 18.8. The van der Waals surface area contributed by atoms with Gasteiger partial charge in [-0.1, -0.05) is 133 Å². The molecule has 2 aliphatic carbocycles. The van der Waals surface area contributed by atoms with Crippen LogP contribution in [-0.4, -0.2) is 0 Å². The maximum atomic E-state index is 2.47. The molecular formula is C52H42N2. The zero-order valence-electron chi connectivity index (χ0n) is 30.9. The van der Waals surface area contributed by atoms with E-state index in [9.17, 15) is 0 Å². The zero-order valence-corrected chi connectivity index (χ0v) is 30.9. The number of hydrogen-bond donors (Lipinski definition) is 0. The average Bonchev–Trinajstić information content (AvgIpc) is 3.68. The molecule has 2 nitrogen and oxygen atoms in total. The lowest BCUT2D eigenvalue weighted by atomic mass is 9.70. The standard InChI is InChI=1S/C52H42N2/c1-4-6-18-38(17-5-2)53(39-19-9-7-10-20-39)42-31-33-46-47-34-32-43(54(40-21-11-8-12-22-40)41-29-27-37(3)28-30-41)36-51(47)52(50(46)35-42)48-25-15-13-23-44(48)45-24-14-16-26-49(45)52/h4-36H,1-3H3/b6-4+,17-5-,38-18+. The Morgan fingerprint density at radius 1 is 0.444 bits per heavy atom. The number of rotatable bonds is 8. The van der Waals surface area contributed by atoms with Gasteiger partial charge in [-0.05, 0) is 138 Å². The molecule has 0 bridgehead atoms. The van der Waals surface area contributed by atoms with Crippen LogP contribution in [-0.2, 0) is 5.41 Å². The SMILES string of the molecule is C\C=C/C(=C\C=C\C)N(c1ccccc1)c1ccc2c(c1)C1(c3ccccc3-c3ccccc31)c1cc(N(c3ccccc3)c3ccc(C)cc3)ccc1-2. The van der Waals surface area contributed by atoms with Crippen molar-refractivity contribution in [1.29, 1.82) is 0 Å². The third kappa shape index (κ3) is 5.25. The largest absolute Gasteiger partial charge is 0.311 e. The van der Waals surface area contributed by atoms with Crippen molar-refractivity contribution in [3.8, 4) is 22.3 Å². The van der Waals surface area contributed by atoms with Crippen molar-refractivity contribution >= 4 is 28.4 Å². The Balaban J connectivity index is 1.33. The molecule has 7 aromatic rings. The Labute approximate surface area is 319 Å². The molecule has 0 aliphatic heterocycles. The van der Waals surface area contributed by atoms with Gasteiger partial charge in [0, 0.05) is 34.1 Å². The van der Waals surface area contributed by atoms with Gasteiger partial charge in [0.05, 0.1) is 5.41 Å². The van der Waals surface area contributed by atoms with E-state index in [1.807, 2.05) is 0 Å². The lowest BCUT2D eigenvalue weighted by molar-refractivity contribution is 0.793. The highest BCUT2D eigenvalue weighted by Gasteiger charge is 2.52. The second-order valence-corrected chi connectivity index (χ2v) is 14.1. The first-order valence-corrected chi connectivity index (χ1v) is 18.8. The molecule has 2 aliphatic rings. The van der Waals surface area contributed by atoms with Crippen molar-refractivity contribution in [1.82, 2.24) is 0 Å². The summed E-state index contributed by atoms with van der Waals surface area (Å²) in [5, 5.41) is 0. The predicted octanol–water partition coefficient (Wildman–Crippen LogP) is 14.0. The molecule has 0 aromatic heterocycles. The van der Waals surface area contributed by atoms with E-state index in [-0.39, 0.29) is 0 Å². The Morgan fingerprint density at radius 3 is 1.52 bits per heavy atom. The number of anilines is 5. The smallest absolute Gasteiger partial charge is 0.0727 e. The summed E-state index contributed by atoms with van der Waals surface area (Å²) in [6, 6.07) is 62.6. The van der Waals surface area contributed by atoms with E-state index in [4.69, 9.17) is 0 Å². The lowest BCUT2D eigenvalue weighted by Crippen LogP contribution is -2.26. The molecule has 0 N–H and O–H groups in total. The minimum Gasteiger partial charge on any atom is -0.311 e. The third-order valence-electron chi connectivity index (χ3n) is 10.9. The van der Waals surface area contributed by atoms with Gasteiger partial charge >= 0.3 is 0 Å². The Kier molecular flexibility index (Phi) is 8.44. The Morgan fingerprint density at radius 2 is 0.926 bits per heavy atom. The van der Waals surface area contributed by atoms with Crippen LogP contribution in [0.4, 0.5) is 28.4 Å². The monoisotopic (exact) mass is 694 g/mol. The number of fused-ring (bicyclic) bond motifs is 10. The quantitative estimate of drug-likeness (QED) is 0.146. The van der Waals surface area contributed by atoms with Crippen molar-refractivity contribution in [3.63, 3.8) is 0 Å². The number of hydrogen-bond acceptors (Lipinski definition) is 2. The average molecular weight is 695 g/mol. The number of para-hydroxylation sites is 2. The van der Waals surface area contributed by atoms with Crippen LogP contribution in [0.1, 0.15) is 41.7 Å². The molecule has 260 valence electrons. The molecule has 0 saturated heterocycles. The molecule has 0 saturated carbocycles. The van der Waals surface area contributed by atoms with E-state index in [0.29, 0.717) is 0 Å². The fourth-order valence-electron chi connectivity index (χ4n) is 8.71. The zero-order chi connectivity index (χ0) is 36.6. The molecule has 0 unspecified atom stereocenters. The number of benzene rings is 7. The van der Waals surface area contributed by atoms with Gasteiger partial charge in [-0.15, -0.1) is 0 Å². The normalized spacial score (nSPS) is 13.6. The van der Waals surface area contributed by atoms with Gasteiger partial charge in [0.1, 0.15) is 0 Å². The maximum Gasteiger partial charge on any atom is 0.0727 e. The first-order chi connectivity index (χ1) is 26.6. The molecule has 7 aromatic carbocycles. The molecule has 0 atom stereocenters. The third-order valence-corrected chi connectivity index (χ3v) is 10.9. The van der Waals surface area contributed by atoms with Crippen LogP contribution < -0.4 is 9.80 Å². The van der Waals surface area contributed by atoms with E-state index in [2.05, 4.69) is 231 Å². The van der Waals surface area contributed by atoms with Crippen molar-refractivity contribution in [2.24, 2.45) is 0 Å². The summed E-state index contributed by atoms with van der Waals surface area (Å²) >= 11 is 0. The van der Waals surface area contributed by atoms with Crippen LogP contribution in [0.5, 0.6) is 0 Å². The van der Waals surface area contributed by atoms with E-state index in [1.165, 1.54) is 50.1 Å². The highest BCUT2D eigenvalue weighted by Crippen LogP contribution is 2.64. The molecular weight excluding hydrogens is 653 g/mol.